The Labute approximate surface area is 823 Å². The highest BCUT2D eigenvalue weighted by molar-refractivity contribution is 7.98. The lowest BCUT2D eigenvalue weighted by Crippen LogP contribution is -2.49. The molecule has 34 heteroatoms. The summed E-state index contributed by atoms with van der Waals surface area (Å²) in [5.74, 6) is 1.86. The van der Waals surface area contributed by atoms with Crippen LogP contribution in [-0.2, 0) is 16.2 Å². The van der Waals surface area contributed by atoms with Crippen LogP contribution < -0.4 is 101 Å². The number of hydrogen-bond donors (Lipinski definition) is 8. The average Bonchev–Trinajstić information content (AvgIpc) is 0.815. The molecule has 9 fully saturated rings. The highest BCUT2D eigenvalue weighted by Crippen LogP contribution is 2.36. The van der Waals surface area contributed by atoms with Crippen LogP contribution in [0.2, 0.25) is 15.1 Å². The van der Waals surface area contributed by atoms with E-state index in [4.69, 9.17) is 49.0 Å². The van der Waals surface area contributed by atoms with E-state index in [2.05, 4.69) is 160 Å². The minimum atomic E-state index is -4.25. The van der Waals surface area contributed by atoms with E-state index >= 15 is 0 Å². The number of sulfonamides is 1. The van der Waals surface area contributed by atoms with Crippen LogP contribution in [0.5, 0.6) is 17.2 Å². The molecule has 0 spiro atoms. The van der Waals surface area contributed by atoms with Crippen LogP contribution in [0.15, 0.2) is 204 Å². The minimum Gasteiger partial charge on any atom is -0.495 e. The quantitative estimate of drug-likeness (QED) is 0.0257. The smallest absolute Gasteiger partial charge is 0.416 e. The molecule has 9 aromatic carbocycles. The van der Waals surface area contributed by atoms with Crippen molar-refractivity contribution < 1.29 is 49.4 Å². The number of benzene rings is 9. The van der Waals surface area contributed by atoms with Crippen LogP contribution in [0.1, 0.15) is 54.6 Å². The molecule has 24 nitrogen and oxygen atoms in total. The van der Waals surface area contributed by atoms with Gasteiger partial charge in [-0.3, -0.25) is 4.79 Å². The summed E-state index contributed by atoms with van der Waals surface area (Å²) in [4.78, 5) is 33.4. The molecule has 0 bridgehead atoms. The molecule has 0 radical (unpaired) electrons. The second-order valence-corrected chi connectivity index (χ2v) is 38.3. The van der Waals surface area contributed by atoms with Crippen molar-refractivity contribution in [2.45, 2.75) is 62.0 Å². The van der Waals surface area contributed by atoms with Crippen LogP contribution >= 0.6 is 46.6 Å². The number of nitrogens with one attached hydrogen (secondary N) is 8. The zero-order chi connectivity index (χ0) is 97.2. The normalized spacial score (nSPS) is 17.5. The third kappa shape index (κ3) is 35.2. The lowest BCUT2D eigenvalue weighted by molar-refractivity contribution is -0.137. The van der Waals surface area contributed by atoms with Gasteiger partial charge in [-0.1, -0.05) is 40.9 Å². The molecule has 0 unspecified atom stereocenters. The van der Waals surface area contributed by atoms with Crippen LogP contribution in [0, 0.1) is 18.6 Å². The number of piperidine rings is 1. The maximum Gasteiger partial charge on any atom is 0.416 e. The maximum atomic E-state index is 13.1. The van der Waals surface area contributed by atoms with Crippen molar-refractivity contribution in [2.24, 2.45) is 0 Å². The third-order valence-electron chi connectivity index (χ3n) is 24.3. The molecule has 9 aliphatic heterocycles. The fraction of sp³-hybridized carbons (Fsp3) is 0.461. The number of methoxy groups -OCH3 is 3. The number of anilines is 9. The molecule has 0 aromatic heterocycles. The van der Waals surface area contributed by atoms with E-state index in [1.807, 2.05) is 67.6 Å². The van der Waals surface area contributed by atoms with Crippen molar-refractivity contribution in [1.29, 1.82) is 0 Å². The molecule has 742 valence electrons. The standard InChI is InChI=1S/C13H17NO.C12H19N3O2S.C11H15ClN2O.2C11H15ClN2.C11H13F3N2.2C11H15FN2O.C11H16N2S/c1-11(15)12-5-7-13(8-6-12)14-9-3-2-4-10-14;1-14(2)18(16,17)12-5-3-11(4-6-12)15-9-7-13-8-10-15;1-15-11-8-9(12)2-3-10(11)14-6-4-13-5-7-14;1-9-8-14(7-6-13-9)11-4-2-10(12)3-5-11;1-9-8-10(2-3-11(9)12)14-6-4-13-5-7-14;12-11(13,14)9-1-3-10(4-2-9)16-7-5-15-6-8-16;1-15-11-3-2-9(12)8-10(11)14-6-4-13-5-7-14;1-15-11-8-9(12)2-3-10(11)14-6-4-13-5-7-14;1-14-11-4-2-3-10(9-11)13-7-5-12-6-8-13/h5-8H,2-4,9-10H2,1H3;3-6,13H,7-10H2,1-2H3;2-3,8,13H,4-7H2,1H3;2-5,9,13H,6-8H2,1H3;2-3,8,13H,4-7H2,1H3;1-4,15H,5-8H2;2*2-3,8,13H,4-7H2,1H3;2-4,9,12H,5-8H2,1H3/t;;;9-;;;;;/m...0...../s1. The fourth-order valence-electron chi connectivity index (χ4n) is 16.6. The molecule has 9 aromatic rings. The number of Topliss-reactive ketones (excluding diaryl/α,β-unsaturated/α-hetero) is 1. The second kappa shape index (κ2) is 57.3. The summed E-state index contributed by atoms with van der Waals surface area (Å²) >= 11 is 19.6. The van der Waals surface area contributed by atoms with Gasteiger partial charge in [0.1, 0.15) is 28.9 Å². The monoisotopic (exact) mass is 1980 g/mol. The van der Waals surface area contributed by atoms with E-state index in [-0.39, 0.29) is 17.4 Å². The maximum absolute atomic E-state index is 13.1. The Morgan fingerprint density at radius 1 is 0.404 bits per heavy atom. The van der Waals surface area contributed by atoms with Gasteiger partial charge in [-0.05, 0) is 222 Å². The number of piperazine rings is 8. The highest BCUT2D eigenvalue weighted by atomic mass is 35.5. The Morgan fingerprint density at radius 2 is 0.779 bits per heavy atom. The minimum absolute atomic E-state index is 0.139. The number of nitrogens with zero attached hydrogens (tertiary/aromatic N) is 10. The van der Waals surface area contributed by atoms with E-state index in [9.17, 15) is 35.2 Å². The van der Waals surface area contributed by atoms with Gasteiger partial charge in [0, 0.05) is 314 Å². The first-order chi connectivity index (χ1) is 65.7. The summed E-state index contributed by atoms with van der Waals surface area (Å²) in [6.45, 7) is 38.9. The first-order valence-corrected chi connectivity index (χ1v) is 50.9. The van der Waals surface area contributed by atoms with Crippen LogP contribution in [0.3, 0.4) is 0 Å². The number of hydrogen-bond acceptors (Lipinski definition) is 24. The van der Waals surface area contributed by atoms with Gasteiger partial charge >= 0.3 is 6.18 Å². The predicted octanol–water partition coefficient (Wildman–Crippen LogP) is 15.6. The Balaban J connectivity index is 0.000000158. The summed E-state index contributed by atoms with van der Waals surface area (Å²) in [6.07, 6.45) is 1.80. The van der Waals surface area contributed by atoms with Gasteiger partial charge in [0.25, 0.3) is 0 Å². The van der Waals surface area contributed by atoms with E-state index in [0.29, 0.717) is 21.7 Å². The SMILES string of the molecule is CC(=O)c1ccc(N2CCCCC2)cc1.CN(C)S(=O)(=O)c1ccc(N2CCNCC2)cc1.COc1cc(Cl)ccc1N1CCNCC1.COc1cc(F)ccc1N1CCNCC1.COc1ccc(F)cc1N1CCNCC1.CSc1cccc(N2CCNCC2)c1.C[C@H]1CN(c2ccc(Cl)cc2)CCN1.Cc1cc(N2CCNCC2)ccc1Cl.FC(F)(F)c1ccc(N2CCNCC2)cc1. The lowest BCUT2D eigenvalue weighted by Gasteiger charge is -2.33. The van der Waals surface area contributed by atoms with E-state index < -0.39 is 21.8 Å². The number of alkyl halides is 3. The zero-order valence-corrected chi connectivity index (χ0v) is 84.2. The van der Waals surface area contributed by atoms with Gasteiger partial charge < -0.3 is 101 Å². The van der Waals surface area contributed by atoms with Gasteiger partial charge in [-0.2, -0.15) is 13.2 Å². The Kier molecular flexibility index (Phi) is 45.8. The molecule has 18 rings (SSSR count). The summed E-state index contributed by atoms with van der Waals surface area (Å²) in [7, 11) is 4.62. The van der Waals surface area contributed by atoms with Gasteiger partial charge in [-0.25, -0.2) is 21.5 Å². The largest absolute Gasteiger partial charge is 0.495 e. The number of rotatable bonds is 16. The molecule has 8 N–H and O–H groups in total. The summed E-state index contributed by atoms with van der Waals surface area (Å²) in [5.41, 5.74) is 11.4. The van der Waals surface area contributed by atoms with Gasteiger partial charge in [0.15, 0.2) is 5.78 Å². The number of ketones is 1. The summed E-state index contributed by atoms with van der Waals surface area (Å²) in [5, 5.41) is 28.9. The molecule has 9 aliphatic rings. The highest BCUT2D eigenvalue weighted by Gasteiger charge is 2.31. The average molecular weight is 1980 g/mol. The third-order valence-corrected chi connectivity index (χ3v) is 27.8. The molecule has 0 saturated carbocycles. The predicted molar refractivity (Wildman–Crippen MR) is 556 cm³/mol. The Morgan fingerprint density at radius 3 is 1.22 bits per heavy atom. The fourth-order valence-corrected chi connectivity index (χ4v) is 18.3. The van der Waals surface area contributed by atoms with Gasteiger partial charge in [-0.15, -0.1) is 11.8 Å². The second-order valence-electron chi connectivity index (χ2n) is 34.0. The first-order valence-electron chi connectivity index (χ1n) is 47.1. The lowest BCUT2D eigenvalue weighted by atomic mass is 10.1. The van der Waals surface area contributed by atoms with Crippen molar-refractivity contribution in [3.63, 3.8) is 0 Å². The molecular weight excluding hydrogens is 1840 g/mol. The number of aryl methyl sites for hydroxylation is 1. The first kappa shape index (κ1) is 109. The van der Waals surface area contributed by atoms with Crippen LogP contribution in [0.25, 0.3) is 0 Å². The summed E-state index contributed by atoms with van der Waals surface area (Å²) in [6, 6.07) is 59.1. The number of thioether (sulfide) groups is 1. The van der Waals surface area contributed by atoms with Crippen molar-refractivity contribution in [2.75, 3.05) is 302 Å². The molecular formula is C102H140Cl3F5N18O6S2. The van der Waals surface area contributed by atoms with E-state index in [0.717, 1.165) is 289 Å². The zero-order valence-electron chi connectivity index (χ0n) is 80.3. The molecule has 1 atom stereocenters. The van der Waals surface area contributed by atoms with E-state index in [1.165, 1.54) is 87.6 Å². The molecule has 9 saturated heterocycles. The van der Waals surface area contributed by atoms with Crippen molar-refractivity contribution in [3.8, 4) is 17.2 Å². The number of carbonyl (C=O) groups is 1. The number of ether oxygens (including phenoxy) is 3. The Bertz CT molecular complexity index is 5040. The van der Waals surface area contributed by atoms with Gasteiger partial charge in [0.2, 0.25) is 10.0 Å². The van der Waals surface area contributed by atoms with Crippen LogP contribution in [-0.4, -0.2) is 282 Å². The molecule has 0 aliphatic carbocycles. The van der Waals surface area contributed by atoms with Crippen molar-refractivity contribution in [1.82, 2.24) is 46.8 Å². The molecule has 0 amide bonds. The molecule has 136 heavy (non-hydrogen) atoms. The van der Waals surface area contributed by atoms with Gasteiger partial charge in [0.05, 0.1) is 48.9 Å². The molecule has 9 heterocycles. The van der Waals surface area contributed by atoms with Crippen molar-refractivity contribution in [3.05, 3.63) is 238 Å². The van der Waals surface area contributed by atoms with Crippen LogP contribution in [0.4, 0.5) is 73.1 Å². The summed E-state index contributed by atoms with van der Waals surface area (Å²) < 4.78 is 104. The number of halogens is 8. The van der Waals surface area contributed by atoms with Crippen molar-refractivity contribution >= 4 is 114 Å². The Hall–Kier alpha value is -9.29. The number of carbonyl (C=O) groups excluding carboxylic acids is 1. The van der Waals surface area contributed by atoms with E-state index in [1.54, 1.807) is 78.4 Å². The topological polar surface area (TPSA) is 208 Å².